The van der Waals surface area contributed by atoms with Gasteiger partial charge < -0.3 is 0 Å². The average molecular weight is 369 g/mol. The van der Waals surface area contributed by atoms with Crippen LogP contribution in [-0.4, -0.2) is 16.0 Å². The number of aromatic amines is 1. The third kappa shape index (κ3) is 2.73. The van der Waals surface area contributed by atoms with Gasteiger partial charge in [-0.05, 0) is 29.4 Å². The molecule has 4 rings (SSSR count). The Kier molecular flexibility index (Phi) is 4.11. The zero-order valence-corrected chi connectivity index (χ0v) is 16.6. The second-order valence-corrected chi connectivity index (χ2v) is 9.15. The van der Waals surface area contributed by atoms with Gasteiger partial charge in [-0.1, -0.05) is 63.1 Å². The Labute approximate surface area is 159 Å². The largest absolute Gasteiger partial charge is 0.294 e. The highest BCUT2D eigenvalue weighted by Crippen LogP contribution is 2.50. The number of halogens is 1. The molecule has 1 heterocycles. The van der Waals surface area contributed by atoms with E-state index >= 15 is 0 Å². The van der Waals surface area contributed by atoms with Crippen LogP contribution in [0.4, 0.5) is 0 Å². The number of carbonyl (C=O) groups is 1. The molecule has 0 aliphatic heterocycles. The highest BCUT2D eigenvalue weighted by atomic mass is 35.5. The van der Waals surface area contributed by atoms with Gasteiger partial charge in [-0.3, -0.25) is 9.89 Å². The highest BCUT2D eigenvalue weighted by molar-refractivity contribution is 6.31. The predicted octanol–water partition coefficient (Wildman–Crippen LogP) is 5.56. The first-order valence-electron chi connectivity index (χ1n) is 9.35. The van der Waals surface area contributed by atoms with E-state index in [9.17, 15) is 4.79 Å². The number of ketones is 1. The maximum Gasteiger partial charge on any atom is 0.160 e. The van der Waals surface area contributed by atoms with Crippen LogP contribution in [-0.2, 0) is 11.2 Å². The summed E-state index contributed by atoms with van der Waals surface area (Å²) in [6.45, 7) is 8.66. The van der Waals surface area contributed by atoms with Crippen molar-refractivity contribution in [2.75, 3.05) is 0 Å². The number of aromatic nitrogens is 2. The smallest absolute Gasteiger partial charge is 0.160 e. The van der Waals surface area contributed by atoms with Crippen molar-refractivity contribution >= 4 is 17.4 Å². The second kappa shape index (κ2) is 6.09. The third-order valence-corrected chi connectivity index (χ3v) is 6.00. The van der Waals surface area contributed by atoms with Gasteiger partial charge in [0.1, 0.15) is 0 Å². The molecular formula is C22H25ClN2O. The number of H-pyrrole nitrogens is 1. The fourth-order valence-corrected chi connectivity index (χ4v) is 4.91. The maximum absolute atomic E-state index is 13.2. The zero-order valence-electron chi connectivity index (χ0n) is 15.8. The van der Waals surface area contributed by atoms with Crippen molar-refractivity contribution in [3.63, 3.8) is 0 Å². The van der Waals surface area contributed by atoms with Crippen molar-refractivity contribution in [2.45, 2.75) is 58.8 Å². The van der Waals surface area contributed by atoms with Crippen molar-refractivity contribution in [1.29, 1.82) is 0 Å². The number of hydrogen-bond acceptors (Lipinski definition) is 2. The number of fused-ring (bicyclic) bond motifs is 1. The Morgan fingerprint density at radius 2 is 1.96 bits per heavy atom. The minimum atomic E-state index is -0.109. The van der Waals surface area contributed by atoms with Crippen LogP contribution in [0.1, 0.15) is 74.9 Å². The number of rotatable bonds is 2. The molecule has 0 radical (unpaired) electrons. The SMILES string of the molecule is CC(C)c1n[nH]c2c1[C@@H](c1ccccc1Cl)C1=C(C2)CC(C)(C)CC1=O. The van der Waals surface area contributed by atoms with E-state index in [1.165, 1.54) is 11.1 Å². The van der Waals surface area contributed by atoms with Crippen LogP contribution in [0, 0.1) is 5.41 Å². The second-order valence-electron chi connectivity index (χ2n) is 8.75. The molecule has 26 heavy (non-hydrogen) atoms. The first kappa shape index (κ1) is 17.5. The van der Waals surface area contributed by atoms with Gasteiger partial charge in [0.25, 0.3) is 0 Å². The molecule has 1 atom stereocenters. The summed E-state index contributed by atoms with van der Waals surface area (Å²) >= 11 is 6.59. The van der Waals surface area contributed by atoms with Gasteiger partial charge in [-0.25, -0.2) is 0 Å². The number of benzene rings is 1. The van der Waals surface area contributed by atoms with Crippen molar-refractivity contribution in [3.8, 4) is 0 Å². The van der Waals surface area contributed by atoms with Gasteiger partial charge in [-0.2, -0.15) is 5.10 Å². The molecule has 2 aliphatic rings. The molecule has 0 amide bonds. The van der Waals surface area contributed by atoms with Gasteiger partial charge in [0, 0.05) is 40.6 Å². The van der Waals surface area contributed by atoms with E-state index in [2.05, 4.69) is 44.0 Å². The van der Waals surface area contributed by atoms with Crippen molar-refractivity contribution in [2.24, 2.45) is 5.41 Å². The quantitative estimate of drug-likeness (QED) is 0.754. The summed E-state index contributed by atoms with van der Waals surface area (Å²) in [5, 5.41) is 8.59. The first-order chi connectivity index (χ1) is 12.3. The number of nitrogens with one attached hydrogen (secondary N) is 1. The Hall–Kier alpha value is -1.87. The van der Waals surface area contributed by atoms with Crippen LogP contribution < -0.4 is 0 Å². The lowest BCUT2D eigenvalue weighted by Crippen LogP contribution is -2.32. The number of carbonyl (C=O) groups excluding carboxylic acids is 1. The molecule has 0 saturated carbocycles. The molecule has 136 valence electrons. The van der Waals surface area contributed by atoms with Gasteiger partial charge in [0.05, 0.1) is 5.69 Å². The average Bonchev–Trinajstić information content (AvgIpc) is 2.96. The molecule has 0 spiro atoms. The summed E-state index contributed by atoms with van der Waals surface area (Å²) in [6, 6.07) is 7.91. The van der Waals surface area contributed by atoms with Crippen molar-refractivity contribution in [3.05, 3.63) is 62.9 Å². The standard InChI is InChI=1S/C22H25ClN2O/c1-12(2)21-20-16(24-25-21)9-13-10-22(3,4)11-17(26)18(13)19(20)14-7-5-6-8-15(14)23/h5-8,12,19H,9-11H2,1-4H3,(H,24,25)/t19-/m0/s1. The number of nitrogens with zero attached hydrogens (tertiary/aromatic N) is 1. The van der Waals surface area contributed by atoms with E-state index in [0.29, 0.717) is 11.4 Å². The molecule has 0 unspecified atom stereocenters. The van der Waals surface area contributed by atoms with Crippen molar-refractivity contribution in [1.82, 2.24) is 10.2 Å². The molecule has 3 nitrogen and oxygen atoms in total. The Morgan fingerprint density at radius 1 is 1.23 bits per heavy atom. The molecule has 2 aromatic rings. The normalized spacial score (nSPS) is 21.8. The van der Waals surface area contributed by atoms with Gasteiger partial charge >= 0.3 is 0 Å². The van der Waals surface area contributed by atoms with E-state index in [4.69, 9.17) is 11.6 Å². The lowest BCUT2D eigenvalue weighted by molar-refractivity contribution is -0.118. The Balaban J connectivity index is 1.98. The van der Waals surface area contributed by atoms with E-state index in [1.54, 1.807) is 0 Å². The molecule has 1 aromatic carbocycles. The maximum atomic E-state index is 13.2. The molecule has 2 aliphatic carbocycles. The van der Waals surface area contributed by atoms with E-state index in [1.807, 2.05) is 18.2 Å². The zero-order chi connectivity index (χ0) is 18.6. The summed E-state index contributed by atoms with van der Waals surface area (Å²) in [6.07, 6.45) is 2.34. The predicted molar refractivity (Wildman–Crippen MR) is 105 cm³/mol. The monoisotopic (exact) mass is 368 g/mol. The van der Waals surface area contributed by atoms with Gasteiger partial charge in [0.2, 0.25) is 0 Å². The molecule has 4 heteroatoms. The topological polar surface area (TPSA) is 45.8 Å². The summed E-state index contributed by atoms with van der Waals surface area (Å²) in [5.41, 5.74) is 6.60. The molecule has 0 bridgehead atoms. The van der Waals surface area contributed by atoms with Crippen LogP contribution >= 0.6 is 11.6 Å². The fraction of sp³-hybridized carbons (Fsp3) is 0.455. The highest BCUT2D eigenvalue weighted by Gasteiger charge is 2.42. The molecule has 0 saturated heterocycles. The summed E-state index contributed by atoms with van der Waals surface area (Å²) in [4.78, 5) is 13.2. The summed E-state index contributed by atoms with van der Waals surface area (Å²) in [5.74, 6) is 0.446. The lowest BCUT2D eigenvalue weighted by Gasteiger charge is -2.38. The minimum Gasteiger partial charge on any atom is -0.294 e. The van der Waals surface area contributed by atoms with E-state index in [0.717, 1.165) is 35.4 Å². The summed E-state index contributed by atoms with van der Waals surface area (Å²) in [7, 11) is 0. The molecule has 1 aromatic heterocycles. The number of Topliss-reactive ketones (excluding diaryl/α,β-unsaturated/α-hetero) is 1. The van der Waals surface area contributed by atoms with Crippen LogP contribution in [0.5, 0.6) is 0 Å². The van der Waals surface area contributed by atoms with Crippen LogP contribution in [0.3, 0.4) is 0 Å². The minimum absolute atomic E-state index is 0.0132. The third-order valence-electron chi connectivity index (χ3n) is 5.66. The molecule has 1 N–H and O–H groups in total. The van der Waals surface area contributed by atoms with Crippen LogP contribution in [0.25, 0.3) is 0 Å². The Bertz CT molecular complexity index is 920. The van der Waals surface area contributed by atoms with Gasteiger partial charge in [-0.15, -0.1) is 0 Å². The van der Waals surface area contributed by atoms with E-state index in [-0.39, 0.29) is 23.0 Å². The molecular weight excluding hydrogens is 344 g/mol. The molecule has 0 fully saturated rings. The van der Waals surface area contributed by atoms with Gasteiger partial charge in [0.15, 0.2) is 5.78 Å². The Morgan fingerprint density at radius 3 is 2.65 bits per heavy atom. The first-order valence-corrected chi connectivity index (χ1v) is 9.73. The van der Waals surface area contributed by atoms with Crippen LogP contribution in [0.15, 0.2) is 35.4 Å². The fourth-order valence-electron chi connectivity index (χ4n) is 4.66. The van der Waals surface area contributed by atoms with Crippen molar-refractivity contribution < 1.29 is 4.79 Å². The number of hydrogen-bond donors (Lipinski definition) is 1. The number of allylic oxidation sites excluding steroid dienone is 2. The summed E-state index contributed by atoms with van der Waals surface area (Å²) < 4.78 is 0. The lowest BCUT2D eigenvalue weighted by atomic mass is 9.64. The van der Waals surface area contributed by atoms with E-state index < -0.39 is 0 Å². The van der Waals surface area contributed by atoms with Crippen LogP contribution in [0.2, 0.25) is 5.02 Å².